The fourth-order valence-electron chi connectivity index (χ4n) is 1.31. The Morgan fingerprint density at radius 2 is 2.06 bits per heavy atom. The van der Waals surface area contributed by atoms with Crippen molar-refractivity contribution in [1.29, 1.82) is 0 Å². The summed E-state index contributed by atoms with van der Waals surface area (Å²) in [6.45, 7) is 1.71. The predicted octanol–water partition coefficient (Wildman–Crippen LogP) is 2.90. The van der Waals surface area contributed by atoms with Crippen LogP contribution in [-0.2, 0) is 0 Å². The molecule has 6 heteroatoms. The zero-order chi connectivity index (χ0) is 13.1. The molecule has 0 amide bonds. The second-order valence-corrected chi connectivity index (χ2v) is 3.61. The van der Waals surface area contributed by atoms with E-state index in [0.717, 1.165) is 18.2 Å². The van der Waals surface area contributed by atoms with Gasteiger partial charge < -0.3 is 10.1 Å². The lowest BCUT2D eigenvalue weighted by atomic mass is 10.3. The zero-order valence-corrected chi connectivity index (χ0v) is 9.87. The van der Waals surface area contributed by atoms with Crippen molar-refractivity contribution in [3.8, 4) is 11.6 Å². The molecule has 0 saturated carbocycles. The third kappa shape index (κ3) is 2.53. The molecule has 4 nitrogen and oxygen atoms in total. The van der Waals surface area contributed by atoms with Gasteiger partial charge in [-0.05, 0) is 19.1 Å². The largest absolute Gasteiger partial charge is 0.435 e. The van der Waals surface area contributed by atoms with Crippen LogP contribution in [0.3, 0.4) is 0 Å². The highest BCUT2D eigenvalue weighted by molar-refractivity contribution is 5.36. The molecule has 0 aliphatic heterocycles. The van der Waals surface area contributed by atoms with Crippen molar-refractivity contribution in [2.75, 3.05) is 12.4 Å². The van der Waals surface area contributed by atoms with Crippen LogP contribution in [0.2, 0.25) is 0 Å². The van der Waals surface area contributed by atoms with E-state index < -0.39 is 11.6 Å². The summed E-state index contributed by atoms with van der Waals surface area (Å²) in [5, 5.41) is 2.74. The van der Waals surface area contributed by atoms with E-state index in [1.807, 2.05) is 0 Å². The molecule has 0 saturated heterocycles. The van der Waals surface area contributed by atoms with Gasteiger partial charge in [0.25, 0.3) is 0 Å². The Labute approximate surface area is 103 Å². The Balaban J connectivity index is 2.36. The van der Waals surface area contributed by atoms with Crippen LogP contribution in [0.5, 0.6) is 11.6 Å². The molecule has 2 rings (SSSR count). The fraction of sp³-hybridized carbons (Fsp3) is 0.167. The predicted molar refractivity (Wildman–Crippen MR) is 62.7 cm³/mol. The number of rotatable bonds is 3. The van der Waals surface area contributed by atoms with Gasteiger partial charge in [-0.25, -0.2) is 13.8 Å². The first-order valence-electron chi connectivity index (χ1n) is 5.24. The van der Waals surface area contributed by atoms with E-state index in [2.05, 4.69) is 15.3 Å². The van der Waals surface area contributed by atoms with Gasteiger partial charge in [0.2, 0.25) is 11.8 Å². The summed E-state index contributed by atoms with van der Waals surface area (Å²) in [4.78, 5) is 7.99. The SMILES string of the molecule is CNc1ncc(C)c(Oc2cc(F)ccc2F)n1. The number of halogens is 2. The van der Waals surface area contributed by atoms with Crippen LogP contribution in [0.1, 0.15) is 5.56 Å². The summed E-state index contributed by atoms with van der Waals surface area (Å²) in [6, 6.07) is 2.99. The summed E-state index contributed by atoms with van der Waals surface area (Å²) >= 11 is 0. The molecule has 1 aromatic carbocycles. The summed E-state index contributed by atoms with van der Waals surface area (Å²) in [6.07, 6.45) is 1.53. The van der Waals surface area contributed by atoms with Crippen molar-refractivity contribution in [2.24, 2.45) is 0 Å². The van der Waals surface area contributed by atoms with E-state index in [-0.39, 0.29) is 11.6 Å². The average Bonchev–Trinajstić information content (AvgIpc) is 2.36. The minimum atomic E-state index is -0.652. The maximum atomic E-state index is 13.4. The monoisotopic (exact) mass is 251 g/mol. The lowest BCUT2D eigenvalue weighted by Crippen LogP contribution is -2.00. The van der Waals surface area contributed by atoms with Crippen molar-refractivity contribution < 1.29 is 13.5 Å². The number of benzene rings is 1. The van der Waals surface area contributed by atoms with E-state index in [4.69, 9.17) is 4.74 Å². The number of nitrogens with one attached hydrogen (secondary N) is 1. The lowest BCUT2D eigenvalue weighted by molar-refractivity contribution is 0.419. The maximum absolute atomic E-state index is 13.4. The molecule has 0 atom stereocenters. The minimum absolute atomic E-state index is 0.179. The van der Waals surface area contributed by atoms with E-state index in [1.54, 1.807) is 14.0 Å². The normalized spacial score (nSPS) is 10.2. The third-order valence-electron chi connectivity index (χ3n) is 2.25. The Morgan fingerprint density at radius 1 is 1.28 bits per heavy atom. The van der Waals surface area contributed by atoms with Gasteiger partial charge in [0.15, 0.2) is 11.6 Å². The molecule has 1 aromatic heterocycles. The van der Waals surface area contributed by atoms with Gasteiger partial charge in [0.1, 0.15) is 5.82 Å². The van der Waals surface area contributed by atoms with E-state index in [1.165, 1.54) is 6.20 Å². The quantitative estimate of drug-likeness (QED) is 0.911. The minimum Gasteiger partial charge on any atom is -0.435 e. The van der Waals surface area contributed by atoms with Crippen LogP contribution in [0.4, 0.5) is 14.7 Å². The molecule has 1 heterocycles. The number of hydrogen-bond donors (Lipinski definition) is 1. The third-order valence-corrected chi connectivity index (χ3v) is 2.25. The second-order valence-electron chi connectivity index (χ2n) is 3.61. The van der Waals surface area contributed by atoms with Crippen LogP contribution >= 0.6 is 0 Å². The molecule has 2 aromatic rings. The Hall–Kier alpha value is -2.24. The van der Waals surface area contributed by atoms with E-state index in [0.29, 0.717) is 11.5 Å². The fourth-order valence-corrected chi connectivity index (χ4v) is 1.31. The molecule has 0 fully saturated rings. The van der Waals surface area contributed by atoms with E-state index >= 15 is 0 Å². The molecule has 0 radical (unpaired) electrons. The van der Waals surface area contributed by atoms with Gasteiger partial charge in [-0.1, -0.05) is 0 Å². The molecule has 1 N–H and O–H groups in total. The van der Waals surface area contributed by atoms with Crippen molar-refractivity contribution in [1.82, 2.24) is 9.97 Å². The van der Waals surface area contributed by atoms with Crippen LogP contribution in [0.15, 0.2) is 24.4 Å². The van der Waals surface area contributed by atoms with Crippen LogP contribution < -0.4 is 10.1 Å². The number of aromatic nitrogens is 2. The Bertz CT molecular complexity index is 575. The first kappa shape index (κ1) is 12.2. The van der Waals surface area contributed by atoms with Gasteiger partial charge >= 0.3 is 0 Å². The summed E-state index contributed by atoms with van der Waals surface area (Å²) in [5.41, 5.74) is 0.623. The molecular formula is C12H11F2N3O. The van der Waals surface area contributed by atoms with Crippen molar-refractivity contribution in [3.05, 3.63) is 41.6 Å². The summed E-state index contributed by atoms with van der Waals surface area (Å²) in [5.74, 6) is -0.919. The van der Waals surface area contributed by atoms with Gasteiger partial charge in [0, 0.05) is 24.9 Å². The molecule has 18 heavy (non-hydrogen) atoms. The van der Waals surface area contributed by atoms with Gasteiger partial charge in [-0.3, -0.25) is 0 Å². The van der Waals surface area contributed by atoms with Crippen molar-refractivity contribution in [2.45, 2.75) is 6.92 Å². The van der Waals surface area contributed by atoms with Crippen LogP contribution in [0, 0.1) is 18.6 Å². The van der Waals surface area contributed by atoms with Crippen LogP contribution in [0.25, 0.3) is 0 Å². The Morgan fingerprint density at radius 3 is 2.78 bits per heavy atom. The highest BCUT2D eigenvalue weighted by Gasteiger charge is 2.10. The zero-order valence-electron chi connectivity index (χ0n) is 9.87. The van der Waals surface area contributed by atoms with E-state index in [9.17, 15) is 8.78 Å². The van der Waals surface area contributed by atoms with Crippen molar-refractivity contribution >= 4 is 5.95 Å². The highest BCUT2D eigenvalue weighted by atomic mass is 19.1. The first-order chi connectivity index (χ1) is 8.60. The number of aryl methyl sites for hydroxylation is 1. The van der Waals surface area contributed by atoms with Gasteiger partial charge in [-0.2, -0.15) is 4.98 Å². The Kier molecular flexibility index (Phi) is 3.36. The van der Waals surface area contributed by atoms with Crippen molar-refractivity contribution in [3.63, 3.8) is 0 Å². The standard InChI is InChI=1S/C12H11F2N3O/c1-7-6-16-12(15-2)17-11(7)18-10-5-8(13)3-4-9(10)14/h3-6H,1-2H3,(H,15,16,17). The molecule has 0 unspecified atom stereocenters. The second kappa shape index (κ2) is 4.95. The topological polar surface area (TPSA) is 47.0 Å². The first-order valence-corrected chi connectivity index (χ1v) is 5.24. The smallest absolute Gasteiger partial charge is 0.227 e. The summed E-state index contributed by atoms with van der Waals surface area (Å²) < 4.78 is 31.7. The molecule has 0 bridgehead atoms. The van der Waals surface area contributed by atoms with Gasteiger partial charge in [-0.15, -0.1) is 0 Å². The maximum Gasteiger partial charge on any atom is 0.227 e. The molecule has 94 valence electrons. The average molecular weight is 251 g/mol. The van der Waals surface area contributed by atoms with Gasteiger partial charge in [0.05, 0.1) is 0 Å². The number of nitrogens with zero attached hydrogens (tertiary/aromatic N) is 2. The molecule has 0 spiro atoms. The highest BCUT2D eigenvalue weighted by Crippen LogP contribution is 2.26. The number of ether oxygens (including phenoxy) is 1. The lowest BCUT2D eigenvalue weighted by Gasteiger charge is -2.09. The molecular weight excluding hydrogens is 240 g/mol. The molecule has 0 aliphatic rings. The summed E-state index contributed by atoms with van der Waals surface area (Å²) in [7, 11) is 1.65. The number of anilines is 1. The van der Waals surface area contributed by atoms with Crippen LogP contribution in [-0.4, -0.2) is 17.0 Å². The molecule has 0 aliphatic carbocycles. The number of hydrogen-bond acceptors (Lipinski definition) is 4.